The Balaban J connectivity index is 2.97. The van der Waals surface area contributed by atoms with Gasteiger partial charge < -0.3 is 14.6 Å². The minimum absolute atomic E-state index is 0.203. The van der Waals surface area contributed by atoms with Gasteiger partial charge in [0.05, 0.1) is 0 Å². The third kappa shape index (κ3) is 7.78. The standard InChI is InChI=1S/C8H18O3/c1-3-5-8(9)11-7-10-6-4-2/h8-9H,3-7H2,1-2H3. The van der Waals surface area contributed by atoms with Crippen molar-refractivity contribution in [3.05, 3.63) is 0 Å². The molecule has 3 nitrogen and oxygen atoms in total. The minimum atomic E-state index is -0.656. The molecule has 0 aliphatic rings. The SMILES string of the molecule is CCCOCOC(O)CCC. The molecule has 0 aromatic rings. The van der Waals surface area contributed by atoms with Crippen LogP contribution in [0, 0.1) is 0 Å². The predicted molar refractivity (Wildman–Crippen MR) is 43.1 cm³/mol. The second-order valence-corrected chi connectivity index (χ2v) is 2.44. The number of rotatable bonds is 7. The number of hydrogen-bond acceptors (Lipinski definition) is 3. The first kappa shape index (κ1) is 10.9. The van der Waals surface area contributed by atoms with Crippen LogP contribution < -0.4 is 0 Å². The molecule has 1 unspecified atom stereocenters. The van der Waals surface area contributed by atoms with Crippen molar-refractivity contribution in [3.63, 3.8) is 0 Å². The van der Waals surface area contributed by atoms with E-state index in [9.17, 15) is 0 Å². The van der Waals surface area contributed by atoms with Crippen LogP contribution in [-0.4, -0.2) is 24.8 Å². The Hall–Kier alpha value is -0.120. The first-order valence-corrected chi connectivity index (χ1v) is 4.18. The molecule has 0 amide bonds. The lowest BCUT2D eigenvalue weighted by atomic mass is 10.3. The summed E-state index contributed by atoms with van der Waals surface area (Å²) in [7, 11) is 0. The van der Waals surface area contributed by atoms with E-state index in [1.165, 1.54) is 0 Å². The largest absolute Gasteiger partial charge is 0.368 e. The fraction of sp³-hybridized carbons (Fsp3) is 1.00. The normalized spacial score (nSPS) is 13.4. The van der Waals surface area contributed by atoms with Gasteiger partial charge >= 0.3 is 0 Å². The average molecular weight is 162 g/mol. The molecule has 0 saturated carbocycles. The van der Waals surface area contributed by atoms with E-state index in [1.807, 2.05) is 13.8 Å². The number of aliphatic hydroxyl groups is 1. The van der Waals surface area contributed by atoms with Crippen molar-refractivity contribution >= 4 is 0 Å². The molecular weight excluding hydrogens is 144 g/mol. The van der Waals surface area contributed by atoms with Crippen LogP contribution in [0.15, 0.2) is 0 Å². The Morgan fingerprint density at radius 1 is 1.27 bits per heavy atom. The molecule has 0 radical (unpaired) electrons. The molecular formula is C8H18O3. The molecule has 0 aliphatic heterocycles. The highest BCUT2D eigenvalue weighted by Crippen LogP contribution is 1.97. The lowest BCUT2D eigenvalue weighted by molar-refractivity contribution is -0.171. The molecule has 0 fully saturated rings. The Morgan fingerprint density at radius 3 is 2.55 bits per heavy atom. The summed E-state index contributed by atoms with van der Waals surface area (Å²) >= 11 is 0. The molecule has 0 rings (SSSR count). The monoisotopic (exact) mass is 162 g/mol. The third-order valence-corrected chi connectivity index (χ3v) is 1.23. The van der Waals surface area contributed by atoms with E-state index in [2.05, 4.69) is 0 Å². The second-order valence-electron chi connectivity index (χ2n) is 2.44. The topological polar surface area (TPSA) is 38.7 Å². The smallest absolute Gasteiger partial charge is 0.157 e. The van der Waals surface area contributed by atoms with Crippen LogP contribution in [0.1, 0.15) is 33.1 Å². The molecule has 0 bridgehead atoms. The van der Waals surface area contributed by atoms with Crippen molar-refractivity contribution in [3.8, 4) is 0 Å². The summed E-state index contributed by atoms with van der Waals surface area (Å²) in [4.78, 5) is 0. The number of aliphatic hydroxyl groups excluding tert-OH is 1. The van der Waals surface area contributed by atoms with Crippen LogP contribution in [0.3, 0.4) is 0 Å². The maximum absolute atomic E-state index is 9.05. The van der Waals surface area contributed by atoms with Gasteiger partial charge in [-0.25, -0.2) is 0 Å². The van der Waals surface area contributed by atoms with Crippen molar-refractivity contribution in [2.24, 2.45) is 0 Å². The summed E-state index contributed by atoms with van der Waals surface area (Å²) in [5, 5.41) is 9.05. The van der Waals surface area contributed by atoms with Crippen LogP contribution in [0.2, 0.25) is 0 Å². The quantitative estimate of drug-likeness (QED) is 0.455. The van der Waals surface area contributed by atoms with Crippen molar-refractivity contribution in [1.29, 1.82) is 0 Å². The van der Waals surface area contributed by atoms with Gasteiger partial charge in [-0.05, 0) is 12.8 Å². The lowest BCUT2D eigenvalue weighted by Gasteiger charge is -2.10. The van der Waals surface area contributed by atoms with Gasteiger partial charge in [0, 0.05) is 6.61 Å². The van der Waals surface area contributed by atoms with Crippen LogP contribution >= 0.6 is 0 Å². The van der Waals surface area contributed by atoms with Crippen LogP contribution in [-0.2, 0) is 9.47 Å². The van der Waals surface area contributed by atoms with E-state index in [0.717, 1.165) is 12.8 Å². The Kier molecular flexibility index (Phi) is 7.89. The highest BCUT2D eigenvalue weighted by molar-refractivity contribution is 4.36. The maximum atomic E-state index is 9.05. The Labute approximate surface area is 68.3 Å². The van der Waals surface area contributed by atoms with Crippen molar-refractivity contribution in [2.45, 2.75) is 39.4 Å². The van der Waals surface area contributed by atoms with Crippen LogP contribution in [0.4, 0.5) is 0 Å². The first-order valence-electron chi connectivity index (χ1n) is 4.18. The molecule has 1 atom stereocenters. The number of hydrogen-bond donors (Lipinski definition) is 1. The highest BCUT2D eigenvalue weighted by Gasteiger charge is 2.00. The van der Waals surface area contributed by atoms with E-state index in [0.29, 0.717) is 13.0 Å². The minimum Gasteiger partial charge on any atom is -0.368 e. The lowest BCUT2D eigenvalue weighted by Crippen LogP contribution is -2.14. The fourth-order valence-electron chi connectivity index (χ4n) is 0.660. The molecule has 11 heavy (non-hydrogen) atoms. The van der Waals surface area contributed by atoms with Gasteiger partial charge in [-0.1, -0.05) is 20.3 Å². The zero-order chi connectivity index (χ0) is 8.53. The fourth-order valence-corrected chi connectivity index (χ4v) is 0.660. The van der Waals surface area contributed by atoms with Crippen molar-refractivity contribution in [2.75, 3.05) is 13.4 Å². The van der Waals surface area contributed by atoms with Gasteiger partial charge in [0.2, 0.25) is 0 Å². The molecule has 0 heterocycles. The summed E-state index contributed by atoms with van der Waals surface area (Å²) in [5.74, 6) is 0. The van der Waals surface area contributed by atoms with E-state index < -0.39 is 6.29 Å². The molecule has 0 aromatic heterocycles. The zero-order valence-electron chi connectivity index (χ0n) is 7.38. The molecule has 1 N–H and O–H groups in total. The second kappa shape index (κ2) is 7.98. The summed E-state index contributed by atoms with van der Waals surface area (Å²) in [6, 6.07) is 0. The van der Waals surface area contributed by atoms with Gasteiger partial charge in [-0.15, -0.1) is 0 Å². The van der Waals surface area contributed by atoms with Gasteiger partial charge in [0.1, 0.15) is 6.79 Å². The molecule has 0 saturated heterocycles. The maximum Gasteiger partial charge on any atom is 0.157 e. The van der Waals surface area contributed by atoms with E-state index in [4.69, 9.17) is 14.6 Å². The van der Waals surface area contributed by atoms with Crippen LogP contribution in [0.25, 0.3) is 0 Å². The molecule has 0 aromatic carbocycles. The Morgan fingerprint density at radius 2 is 2.00 bits per heavy atom. The highest BCUT2D eigenvalue weighted by atomic mass is 16.7. The van der Waals surface area contributed by atoms with E-state index in [1.54, 1.807) is 0 Å². The predicted octanol–water partition coefficient (Wildman–Crippen LogP) is 1.51. The molecule has 3 heteroatoms. The van der Waals surface area contributed by atoms with Gasteiger partial charge in [-0.3, -0.25) is 0 Å². The third-order valence-electron chi connectivity index (χ3n) is 1.23. The first-order chi connectivity index (χ1) is 5.31. The van der Waals surface area contributed by atoms with Crippen molar-refractivity contribution < 1.29 is 14.6 Å². The molecule has 68 valence electrons. The molecule has 0 spiro atoms. The van der Waals surface area contributed by atoms with Gasteiger partial charge in [-0.2, -0.15) is 0 Å². The van der Waals surface area contributed by atoms with E-state index >= 15 is 0 Å². The van der Waals surface area contributed by atoms with Gasteiger partial charge in [0.25, 0.3) is 0 Å². The summed E-state index contributed by atoms with van der Waals surface area (Å²) in [5.41, 5.74) is 0. The Bertz CT molecular complexity index is 75.7. The summed E-state index contributed by atoms with van der Waals surface area (Å²) < 4.78 is 9.94. The number of ether oxygens (including phenoxy) is 2. The van der Waals surface area contributed by atoms with Crippen LogP contribution in [0.5, 0.6) is 0 Å². The van der Waals surface area contributed by atoms with Gasteiger partial charge in [0.15, 0.2) is 6.29 Å². The molecule has 0 aliphatic carbocycles. The average Bonchev–Trinajstić information content (AvgIpc) is 1.99. The zero-order valence-corrected chi connectivity index (χ0v) is 7.38. The summed E-state index contributed by atoms with van der Waals surface area (Å²) in [6.45, 7) is 4.93. The van der Waals surface area contributed by atoms with E-state index in [-0.39, 0.29) is 6.79 Å². The summed E-state index contributed by atoms with van der Waals surface area (Å²) in [6.07, 6.45) is 1.93. The van der Waals surface area contributed by atoms with Crippen molar-refractivity contribution in [1.82, 2.24) is 0 Å².